The van der Waals surface area contributed by atoms with Crippen molar-refractivity contribution in [2.24, 2.45) is 0 Å². The Hall–Kier alpha value is -3.44. The Morgan fingerprint density at radius 3 is 3.04 bits per heavy atom. The van der Waals surface area contributed by atoms with E-state index in [0.29, 0.717) is 12.4 Å². The van der Waals surface area contributed by atoms with Crippen LogP contribution in [0.2, 0.25) is 5.15 Å². The minimum atomic E-state index is -0.229. The lowest BCUT2D eigenvalue weighted by molar-refractivity contribution is 0.609. The molecule has 0 radical (unpaired) electrons. The van der Waals surface area contributed by atoms with E-state index >= 15 is 0 Å². The van der Waals surface area contributed by atoms with Crippen molar-refractivity contribution in [3.05, 3.63) is 70.4 Å². The van der Waals surface area contributed by atoms with E-state index in [1.165, 1.54) is 0 Å². The summed E-state index contributed by atoms with van der Waals surface area (Å²) < 4.78 is 1.88. The summed E-state index contributed by atoms with van der Waals surface area (Å²) in [5, 5.41) is 14.0. The van der Waals surface area contributed by atoms with E-state index in [4.69, 9.17) is 22.0 Å². The standard InChI is InChI=1S/C19H15ClN8/c1-11-3-2-5-28-15(11)7-13(26-28)18-17-12(23-10-24-17)4-6-27(18)16-9-22-14(8-21)19(20)25-16/h2-3,5,7,9-10,18H,4,6H2,1H3,(H,23,24)/t18-/m1/s1. The van der Waals surface area contributed by atoms with Crippen molar-refractivity contribution in [2.45, 2.75) is 19.4 Å². The summed E-state index contributed by atoms with van der Waals surface area (Å²) in [7, 11) is 0. The van der Waals surface area contributed by atoms with Gasteiger partial charge in [-0.05, 0) is 24.6 Å². The van der Waals surface area contributed by atoms with Crippen LogP contribution in [0, 0.1) is 18.3 Å². The van der Waals surface area contributed by atoms with Crippen molar-refractivity contribution in [1.82, 2.24) is 29.5 Å². The third-order valence-electron chi connectivity index (χ3n) is 5.05. The molecular weight excluding hydrogens is 376 g/mol. The average molecular weight is 391 g/mol. The largest absolute Gasteiger partial charge is 0.348 e. The van der Waals surface area contributed by atoms with E-state index in [9.17, 15) is 0 Å². The van der Waals surface area contributed by atoms with E-state index in [1.54, 1.807) is 12.5 Å². The number of aromatic amines is 1. The number of nitriles is 1. The molecule has 9 heteroatoms. The third-order valence-corrected chi connectivity index (χ3v) is 5.32. The van der Waals surface area contributed by atoms with Crippen LogP contribution in [0.5, 0.6) is 0 Å². The lowest BCUT2D eigenvalue weighted by Gasteiger charge is -2.34. The highest BCUT2D eigenvalue weighted by Crippen LogP contribution is 2.36. The molecule has 0 spiro atoms. The summed E-state index contributed by atoms with van der Waals surface area (Å²) in [5.74, 6) is 0.594. The second-order valence-corrected chi connectivity index (χ2v) is 7.04. The molecule has 0 amide bonds. The Morgan fingerprint density at radius 1 is 1.36 bits per heavy atom. The molecule has 5 rings (SSSR count). The number of hydrogen-bond acceptors (Lipinski definition) is 6. The van der Waals surface area contributed by atoms with Crippen LogP contribution in [0.4, 0.5) is 5.82 Å². The second kappa shape index (κ2) is 6.32. The van der Waals surface area contributed by atoms with E-state index in [-0.39, 0.29) is 16.9 Å². The van der Waals surface area contributed by atoms with Crippen molar-refractivity contribution in [3.8, 4) is 6.07 Å². The molecule has 4 aromatic heterocycles. The molecule has 0 bridgehead atoms. The third kappa shape index (κ3) is 2.52. The van der Waals surface area contributed by atoms with Gasteiger partial charge in [0.05, 0.1) is 29.4 Å². The van der Waals surface area contributed by atoms with E-state index in [2.05, 4.69) is 43.9 Å². The number of nitrogens with zero attached hydrogens (tertiary/aromatic N) is 7. The first-order valence-corrected chi connectivity index (χ1v) is 9.20. The average Bonchev–Trinajstić information content (AvgIpc) is 3.34. The van der Waals surface area contributed by atoms with Gasteiger partial charge in [-0.1, -0.05) is 17.7 Å². The molecular formula is C19H15ClN8. The van der Waals surface area contributed by atoms with Gasteiger partial charge in [0, 0.05) is 24.9 Å². The number of halogens is 1. The Labute approximate surface area is 165 Å². The molecule has 0 aliphatic carbocycles. The van der Waals surface area contributed by atoms with E-state index < -0.39 is 0 Å². The molecule has 138 valence electrons. The van der Waals surface area contributed by atoms with Gasteiger partial charge in [-0.3, -0.25) is 0 Å². The molecule has 8 nitrogen and oxygen atoms in total. The first kappa shape index (κ1) is 16.7. The van der Waals surface area contributed by atoms with Gasteiger partial charge in [0.1, 0.15) is 17.9 Å². The highest BCUT2D eigenvalue weighted by Gasteiger charge is 2.34. The highest BCUT2D eigenvalue weighted by molar-refractivity contribution is 6.30. The van der Waals surface area contributed by atoms with Gasteiger partial charge in [0.2, 0.25) is 0 Å². The predicted molar refractivity (Wildman–Crippen MR) is 103 cm³/mol. The molecule has 0 saturated carbocycles. The van der Waals surface area contributed by atoms with Crippen molar-refractivity contribution < 1.29 is 0 Å². The van der Waals surface area contributed by atoms with Crippen LogP contribution in [0.25, 0.3) is 5.52 Å². The number of H-pyrrole nitrogens is 1. The molecule has 0 aromatic carbocycles. The van der Waals surface area contributed by atoms with Gasteiger partial charge in [-0.25, -0.2) is 19.5 Å². The normalized spacial score (nSPS) is 16.2. The topological polar surface area (TPSA) is 98.8 Å². The van der Waals surface area contributed by atoms with Gasteiger partial charge < -0.3 is 9.88 Å². The smallest absolute Gasteiger partial charge is 0.178 e. The monoisotopic (exact) mass is 390 g/mol. The predicted octanol–water partition coefficient (Wildman–Crippen LogP) is 2.83. The summed E-state index contributed by atoms with van der Waals surface area (Å²) in [6, 6.07) is 7.83. The number of fused-ring (bicyclic) bond motifs is 2. The van der Waals surface area contributed by atoms with Crippen molar-refractivity contribution >= 4 is 22.9 Å². The van der Waals surface area contributed by atoms with Gasteiger partial charge in [-0.15, -0.1) is 0 Å². The molecule has 1 atom stereocenters. The van der Waals surface area contributed by atoms with Gasteiger partial charge in [-0.2, -0.15) is 10.4 Å². The van der Waals surface area contributed by atoms with E-state index in [0.717, 1.165) is 34.6 Å². The van der Waals surface area contributed by atoms with Gasteiger partial charge >= 0.3 is 0 Å². The van der Waals surface area contributed by atoms with Crippen LogP contribution in [0.3, 0.4) is 0 Å². The zero-order chi connectivity index (χ0) is 19.3. The Balaban J connectivity index is 1.67. The summed E-state index contributed by atoms with van der Waals surface area (Å²) in [6.07, 6.45) is 6.01. The maximum absolute atomic E-state index is 9.08. The highest BCUT2D eigenvalue weighted by atomic mass is 35.5. The van der Waals surface area contributed by atoms with Crippen LogP contribution in [-0.4, -0.2) is 36.1 Å². The molecule has 0 unspecified atom stereocenters. The number of pyridine rings is 1. The van der Waals surface area contributed by atoms with Crippen molar-refractivity contribution in [2.75, 3.05) is 11.4 Å². The number of imidazole rings is 1. The number of aromatic nitrogens is 6. The molecule has 4 aromatic rings. The maximum atomic E-state index is 9.08. The molecule has 0 saturated heterocycles. The van der Waals surface area contributed by atoms with Crippen LogP contribution >= 0.6 is 11.6 Å². The summed E-state index contributed by atoms with van der Waals surface area (Å²) in [6.45, 7) is 2.76. The Morgan fingerprint density at radius 2 is 2.25 bits per heavy atom. The fourth-order valence-electron chi connectivity index (χ4n) is 3.70. The SMILES string of the molecule is Cc1cccn2nc([C@@H]3c4nc[nH]c4CCN3c3cnc(C#N)c(Cl)n3)cc12. The lowest BCUT2D eigenvalue weighted by atomic mass is 9.99. The molecule has 5 heterocycles. The maximum Gasteiger partial charge on any atom is 0.178 e. The first-order valence-electron chi connectivity index (χ1n) is 8.82. The fraction of sp³-hybridized carbons (Fsp3) is 0.211. The number of aryl methyl sites for hydroxylation is 1. The molecule has 0 fully saturated rings. The van der Waals surface area contributed by atoms with Crippen LogP contribution in [0.1, 0.15) is 34.4 Å². The summed E-state index contributed by atoms with van der Waals surface area (Å²) >= 11 is 6.14. The first-order chi connectivity index (χ1) is 13.7. The van der Waals surface area contributed by atoms with Crippen LogP contribution in [-0.2, 0) is 6.42 Å². The molecule has 1 aliphatic heterocycles. The zero-order valence-electron chi connectivity index (χ0n) is 15.0. The number of nitrogens with one attached hydrogen (secondary N) is 1. The molecule has 1 aliphatic rings. The zero-order valence-corrected chi connectivity index (χ0v) is 15.7. The van der Waals surface area contributed by atoms with Crippen LogP contribution in [0.15, 0.2) is 36.9 Å². The van der Waals surface area contributed by atoms with Crippen molar-refractivity contribution in [1.29, 1.82) is 5.26 Å². The van der Waals surface area contributed by atoms with Gasteiger partial charge in [0.15, 0.2) is 10.8 Å². The molecule has 28 heavy (non-hydrogen) atoms. The molecule has 1 N–H and O–H groups in total. The van der Waals surface area contributed by atoms with E-state index in [1.807, 2.05) is 22.8 Å². The number of hydrogen-bond donors (Lipinski definition) is 1. The van der Waals surface area contributed by atoms with Gasteiger partial charge in [0.25, 0.3) is 0 Å². The second-order valence-electron chi connectivity index (χ2n) is 6.68. The minimum Gasteiger partial charge on any atom is -0.348 e. The summed E-state index contributed by atoms with van der Waals surface area (Å²) in [4.78, 5) is 18.4. The summed E-state index contributed by atoms with van der Waals surface area (Å²) in [5.41, 5.74) is 5.17. The Bertz CT molecular complexity index is 1230. The number of rotatable bonds is 2. The fourth-order valence-corrected chi connectivity index (χ4v) is 3.88. The minimum absolute atomic E-state index is 0.0948. The van der Waals surface area contributed by atoms with Crippen molar-refractivity contribution in [3.63, 3.8) is 0 Å². The lowest BCUT2D eigenvalue weighted by Crippen LogP contribution is -2.37. The Kier molecular flexibility index (Phi) is 3.77. The van der Waals surface area contributed by atoms with Crippen LogP contribution < -0.4 is 4.90 Å². The quantitative estimate of drug-likeness (QED) is 0.565. The number of anilines is 1.